The van der Waals surface area contributed by atoms with E-state index in [0.717, 1.165) is 43.3 Å². The lowest BCUT2D eigenvalue weighted by Gasteiger charge is -2.69. The highest BCUT2D eigenvalue weighted by atomic mass is 16.3. The molecule has 0 spiro atoms. The first-order valence-electron chi connectivity index (χ1n) is 12.1. The normalized spacial score (nSPS) is 48.1. The molecular formula is C28H36O4. The quantitative estimate of drug-likeness (QED) is 0.534. The fourth-order valence-electron chi connectivity index (χ4n) is 8.44. The van der Waals surface area contributed by atoms with Crippen molar-refractivity contribution in [1.82, 2.24) is 0 Å². The van der Waals surface area contributed by atoms with Gasteiger partial charge in [0.2, 0.25) is 5.78 Å². The van der Waals surface area contributed by atoms with Crippen LogP contribution in [0.15, 0.2) is 46.3 Å². The highest BCUT2D eigenvalue weighted by Crippen LogP contribution is 2.74. The van der Waals surface area contributed by atoms with Crippen LogP contribution in [0.4, 0.5) is 0 Å². The van der Waals surface area contributed by atoms with Gasteiger partial charge in [0.05, 0.1) is 0 Å². The molecule has 5 aliphatic carbocycles. The molecule has 5 aliphatic rings. The second kappa shape index (κ2) is 6.34. The maximum Gasteiger partial charge on any atom is 0.220 e. The summed E-state index contributed by atoms with van der Waals surface area (Å²) in [5.41, 5.74) is 3.29. The first-order chi connectivity index (χ1) is 14.8. The van der Waals surface area contributed by atoms with E-state index < -0.39 is 6.10 Å². The van der Waals surface area contributed by atoms with Gasteiger partial charge in [0.1, 0.15) is 6.10 Å². The van der Waals surface area contributed by atoms with Crippen LogP contribution in [0.1, 0.15) is 73.6 Å². The van der Waals surface area contributed by atoms with Gasteiger partial charge in [0, 0.05) is 22.3 Å². The average Bonchev–Trinajstić information content (AvgIpc) is 2.75. The van der Waals surface area contributed by atoms with Crippen LogP contribution in [-0.2, 0) is 9.59 Å². The van der Waals surface area contributed by atoms with Crippen LogP contribution in [0.3, 0.4) is 0 Å². The number of aliphatic hydroxyl groups is 2. The van der Waals surface area contributed by atoms with Gasteiger partial charge in [-0.05, 0) is 73.0 Å². The molecule has 4 nitrogen and oxygen atoms in total. The first-order valence-corrected chi connectivity index (χ1v) is 12.1. The SMILES string of the molecule is CC1=C(O)C(=O)C=C2C1=CC=C1[C@@]2(C)CC[C@@]2(C)[C@@H]3C[C@@H](C)C(=O)[C@@H](O)[C@]3(C)CC[C@]12C. The van der Waals surface area contributed by atoms with Crippen molar-refractivity contribution in [2.75, 3.05) is 0 Å². The van der Waals surface area contributed by atoms with Crippen molar-refractivity contribution in [3.8, 4) is 0 Å². The van der Waals surface area contributed by atoms with Gasteiger partial charge in [-0.2, -0.15) is 0 Å². The minimum Gasteiger partial charge on any atom is -0.504 e. The largest absolute Gasteiger partial charge is 0.504 e. The van der Waals surface area contributed by atoms with Crippen molar-refractivity contribution in [3.05, 3.63) is 46.3 Å². The maximum atomic E-state index is 12.7. The molecule has 0 saturated heterocycles. The monoisotopic (exact) mass is 436 g/mol. The molecule has 0 aromatic carbocycles. The molecule has 4 heteroatoms. The molecule has 0 radical (unpaired) electrons. The van der Waals surface area contributed by atoms with E-state index in [1.807, 2.05) is 13.8 Å². The number of hydrogen-bond donors (Lipinski definition) is 2. The van der Waals surface area contributed by atoms with E-state index in [9.17, 15) is 19.8 Å². The van der Waals surface area contributed by atoms with Gasteiger partial charge in [-0.25, -0.2) is 0 Å². The Morgan fingerprint density at radius 2 is 1.69 bits per heavy atom. The summed E-state index contributed by atoms with van der Waals surface area (Å²) in [7, 11) is 0. The summed E-state index contributed by atoms with van der Waals surface area (Å²) in [5.74, 6) is -0.282. The highest BCUT2D eigenvalue weighted by molar-refractivity contribution is 6.06. The van der Waals surface area contributed by atoms with Gasteiger partial charge in [-0.3, -0.25) is 9.59 Å². The fraction of sp³-hybridized carbons (Fsp3) is 0.643. The standard InChI is InChI=1S/C28H36O4/c1-15-13-21-26(4,24(32)22(15)30)10-12-27(5)20-8-7-17-16(2)23(31)19(29)14-18(17)25(20,3)9-11-28(21,27)6/h7-8,14-15,21,24,31-32H,9-13H2,1-6H3/t15-,21-,24-,25+,26-,27-,28+/m1/s1. The number of rotatable bonds is 0. The van der Waals surface area contributed by atoms with Crippen molar-refractivity contribution >= 4 is 11.6 Å². The summed E-state index contributed by atoms with van der Waals surface area (Å²) in [6.07, 6.45) is 9.60. The average molecular weight is 437 g/mol. The van der Waals surface area contributed by atoms with Crippen molar-refractivity contribution in [2.45, 2.75) is 79.8 Å². The summed E-state index contributed by atoms with van der Waals surface area (Å²) < 4.78 is 0. The lowest BCUT2D eigenvalue weighted by atomic mass is 9.35. The molecule has 7 atom stereocenters. The molecule has 3 fully saturated rings. The van der Waals surface area contributed by atoms with E-state index in [4.69, 9.17) is 0 Å². The summed E-state index contributed by atoms with van der Waals surface area (Å²) in [4.78, 5) is 25.3. The molecule has 3 saturated carbocycles. The van der Waals surface area contributed by atoms with E-state index in [1.54, 1.807) is 6.08 Å². The van der Waals surface area contributed by atoms with E-state index in [0.29, 0.717) is 5.57 Å². The molecule has 2 N–H and O–H groups in total. The van der Waals surface area contributed by atoms with Crippen LogP contribution in [-0.4, -0.2) is 27.9 Å². The Kier molecular flexibility index (Phi) is 4.34. The predicted octanol–water partition coefficient (Wildman–Crippen LogP) is 5.39. The van der Waals surface area contributed by atoms with Crippen LogP contribution in [0.5, 0.6) is 0 Å². The third-order valence-electron chi connectivity index (χ3n) is 10.9. The smallest absolute Gasteiger partial charge is 0.220 e. The van der Waals surface area contributed by atoms with Gasteiger partial charge in [0.15, 0.2) is 11.5 Å². The number of fused-ring (bicyclic) bond motifs is 7. The first kappa shape index (κ1) is 21.9. The van der Waals surface area contributed by atoms with E-state index in [-0.39, 0.29) is 50.8 Å². The van der Waals surface area contributed by atoms with Gasteiger partial charge in [0.25, 0.3) is 0 Å². The van der Waals surface area contributed by atoms with Gasteiger partial charge >= 0.3 is 0 Å². The molecule has 32 heavy (non-hydrogen) atoms. The third kappa shape index (κ3) is 2.32. The lowest BCUT2D eigenvalue weighted by Crippen LogP contribution is -2.65. The van der Waals surface area contributed by atoms with Crippen molar-refractivity contribution in [1.29, 1.82) is 0 Å². The Hall–Kier alpha value is -1.94. The number of allylic oxidation sites excluding steroid dienone is 7. The Labute approximate surface area is 191 Å². The molecule has 0 heterocycles. The van der Waals surface area contributed by atoms with Crippen molar-refractivity contribution in [3.63, 3.8) is 0 Å². The highest BCUT2D eigenvalue weighted by Gasteiger charge is 2.68. The zero-order chi connectivity index (χ0) is 23.4. The zero-order valence-corrected chi connectivity index (χ0v) is 20.2. The Morgan fingerprint density at radius 1 is 1.00 bits per heavy atom. The molecule has 172 valence electrons. The molecule has 0 unspecified atom stereocenters. The molecule has 0 bridgehead atoms. The molecular weight excluding hydrogens is 400 g/mol. The summed E-state index contributed by atoms with van der Waals surface area (Å²) in [6.45, 7) is 13.0. The molecule has 5 rings (SSSR count). The molecule has 0 aromatic rings. The number of Topliss-reactive ketones (excluding diaryl/α,β-unsaturated/α-hetero) is 1. The minimum absolute atomic E-state index is 0.00833. The topological polar surface area (TPSA) is 74.6 Å². The van der Waals surface area contributed by atoms with Crippen LogP contribution < -0.4 is 0 Å². The van der Waals surface area contributed by atoms with Crippen molar-refractivity contribution in [2.24, 2.45) is 33.5 Å². The molecule has 0 amide bonds. The van der Waals surface area contributed by atoms with Crippen LogP contribution in [0.2, 0.25) is 0 Å². The number of aliphatic hydroxyl groups excluding tert-OH is 2. The lowest BCUT2D eigenvalue weighted by molar-refractivity contribution is -0.192. The van der Waals surface area contributed by atoms with Crippen LogP contribution in [0.25, 0.3) is 0 Å². The summed E-state index contributed by atoms with van der Waals surface area (Å²) in [6, 6.07) is 0. The van der Waals surface area contributed by atoms with Gasteiger partial charge in [-0.15, -0.1) is 0 Å². The Morgan fingerprint density at radius 3 is 2.38 bits per heavy atom. The van der Waals surface area contributed by atoms with Crippen molar-refractivity contribution < 1.29 is 19.8 Å². The van der Waals surface area contributed by atoms with Crippen LogP contribution in [0, 0.1) is 33.5 Å². The molecule has 0 aromatic heterocycles. The van der Waals surface area contributed by atoms with Gasteiger partial charge in [-0.1, -0.05) is 52.3 Å². The number of hydrogen-bond acceptors (Lipinski definition) is 4. The summed E-state index contributed by atoms with van der Waals surface area (Å²) >= 11 is 0. The Bertz CT molecular complexity index is 1070. The fourth-order valence-corrected chi connectivity index (χ4v) is 8.44. The number of ketones is 2. The second-order valence-electron chi connectivity index (χ2n) is 12.1. The number of carbonyl (C=O) groups is 2. The predicted molar refractivity (Wildman–Crippen MR) is 124 cm³/mol. The van der Waals surface area contributed by atoms with E-state index in [2.05, 4.69) is 39.8 Å². The third-order valence-corrected chi connectivity index (χ3v) is 10.9. The maximum absolute atomic E-state index is 12.7. The van der Waals surface area contributed by atoms with E-state index in [1.165, 1.54) is 5.57 Å². The van der Waals surface area contributed by atoms with Gasteiger partial charge < -0.3 is 10.2 Å². The Balaban J connectivity index is 1.66. The zero-order valence-electron chi connectivity index (χ0n) is 20.2. The molecule has 0 aliphatic heterocycles. The minimum atomic E-state index is -0.882. The van der Waals surface area contributed by atoms with Crippen LogP contribution >= 0.6 is 0 Å². The van der Waals surface area contributed by atoms with E-state index >= 15 is 0 Å². The summed E-state index contributed by atoms with van der Waals surface area (Å²) in [5, 5.41) is 21.3. The second-order valence-corrected chi connectivity index (χ2v) is 12.1. The number of carbonyl (C=O) groups excluding carboxylic acids is 2.